The summed E-state index contributed by atoms with van der Waals surface area (Å²) >= 11 is 0. The van der Waals surface area contributed by atoms with Gasteiger partial charge in [-0.15, -0.1) is 0 Å². The molecule has 2 rings (SSSR count). The SMILES string of the molecule is C[Si]1(C)C2=[C]CC=C21. The molecule has 1 aliphatic heterocycles. The van der Waals surface area contributed by atoms with E-state index in [-0.39, 0.29) is 0 Å². The van der Waals surface area contributed by atoms with Gasteiger partial charge in [0.25, 0.3) is 0 Å². The van der Waals surface area contributed by atoms with Gasteiger partial charge in [0.05, 0.1) is 0 Å². The first-order valence-corrected chi connectivity index (χ1v) is 6.05. The molecule has 41 valence electrons. The van der Waals surface area contributed by atoms with Gasteiger partial charge in [-0.3, -0.25) is 0 Å². The van der Waals surface area contributed by atoms with E-state index in [1.54, 1.807) is 10.4 Å². The van der Waals surface area contributed by atoms with Gasteiger partial charge in [-0.1, -0.05) is 29.6 Å². The highest BCUT2D eigenvalue weighted by Crippen LogP contribution is 2.49. The van der Waals surface area contributed by atoms with E-state index >= 15 is 0 Å². The first kappa shape index (κ1) is 4.56. The van der Waals surface area contributed by atoms with Crippen LogP contribution < -0.4 is 0 Å². The lowest BCUT2D eigenvalue weighted by Gasteiger charge is -1.89. The Morgan fingerprint density at radius 1 is 1.62 bits per heavy atom. The summed E-state index contributed by atoms with van der Waals surface area (Å²) in [6.07, 6.45) is 6.80. The molecule has 0 amide bonds. The molecule has 0 N–H and O–H groups in total. The normalized spacial score (nSPS) is 28.8. The van der Waals surface area contributed by atoms with Crippen LogP contribution in [-0.4, -0.2) is 8.07 Å². The maximum atomic E-state index is 3.37. The van der Waals surface area contributed by atoms with Crippen molar-refractivity contribution >= 4 is 8.07 Å². The van der Waals surface area contributed by atoms with E-state index in [4.69, 9.17) is 0 Å². The predicted octanol–water partition coefficient (Wildman–Crippen LogP) is 1.85. The largest absolute Gasteiger partial charge is 0.111 e. The molecule has 1 aliphatic carbocycles. The average molecular weight is 121 g/mol. The molecule has 1 fully saturated rings. The van der Waals surface area contributed by atoms with E-state index in [2.05, 4.69) is 25.2 Å². The summed E-state index contributed by atoms with van der Waals surface area (Å²) in [5, 5.41) is 3.29. The second-order valence-corrected chi connectivity index (χ2v) is 7.29. The van der Waals surface area contributed by atoms with Gasteiger partial charge in [0, 0.05) is 0 Å². The minimum atomic E-state index is -0.840. The van der Waals surface area contributed by atoms with Crippen LogP contribution in [0.1, 0.15) is 6.42 Å². The van der Waals surface area contributed by atoms with Crippen LogP contribution in [0.5, 0.6) is 0 Å². The van der Waals surface area contributed by atoms with Crippen molar-refractivity contribution in [2.75, 3.05) is 0 Å². The van der Waals surface area contributed by atoms with E-state index in [1.165, 1.54) is 0 Å². The van der Waals surface area contributed by atoms with Crippen LogP contribution in [0.25, 0.3) is 0 Å². The molecule has 1 heterocycles. The zero-order valence-corrected chi connectivity index (χ0v) is 6.28. The molecule has 0 saturated carbocycles. The fraction of sp³-hybridized carbons (Fsp3) is 0.429. The molecule has 1 heteroatoms. The standard InChI is InChI=1S/C7H9Si/c1-8(2)6-4-3-5-7(6)8/h4H,3H2,1-2H3. The van der Waals surface area contributed by atoms with E-state index in [0.29, 0.717) is 0 Å². The summed E-state index contributed by atoms with van der Waals surface area (Å²) < 4.78 is 0. The summed E-state index contributed by atoms with van der Waals surface area (Å²) in [5.41, 5.74) is 0. The van der Waals surface area contributed by atoms with E-state index in [0.717, 1.165) is 6.42 Å². The van der Waals surface area contributed by atoms with Crippen LogP contribution in [0.3, 0.4) is 0 Å². The topological polar surface area (TPSA) is 0 Å². The summed E-state index contributed by atoms with van der Waals surface area (Å²) in [7, 11) is -0.840. The Balaban J connectivity index is 2.48. The van der Waals surface area contributed by atoms with E-state index in [1.807, 2.05) is 0 Å². The van der Waals surface area contributed by atoms with Crippen molar-refractivity contribution in [2.45, 2.75) is 19.5 Å². The molecular formula is C7H9Si. The minimum absolute atomic E-state index is 0.840. The Hall–Kier alpha value is -0.303. The molecule has 0 spiro atoms. The first-order chi connectivity index (χ1) is 3.73. The highest BCUT2D eigenvalue weighted by atomic mass is 28.3. The van der Waals surface area contributed by atoms with Gasteiger partial charge in [-0.05, 0) is 12.5 Å². The number of rotatable bonds is 0. The summed E-state index contributed by atoms with van der Waals surface area (Å²) in [6, 6.07) is 0. The predicted molar refractivity (Wildman–Crippen MR) is 36.9 cm³/mol. The quantitative estimate of drug-likeness (QED) is 0.429. The van der Waals surface area contributed by atoms with Crippen molar-refractivity contribution in [1.29, 1.82) is 0 Å². The zero-order chi connectivity index (χ0) is 5.78. The molecule has 0 aromatic rings. The molecular weight excluding hydrogens is 112 g/mol. The highest BCUT2D eigenvalue weighted by Gasteiger charge is 2.49. The number of hydrogen-bond donors (Lipinski definition) is 0. The third-order valence-electron chi connectivity index (χ3n) is 2.09. The second kappa shape index (κ2) is 1.01. The van der Waals surface area contributed by atoms with Gasteiger partial charge < -0.3 is 0 Å². The zero-order valence-electron chi connectivity index (χ0n) is 5.28. The van der Waals surface area contributed by atoms with E-state index < -0.39 is 8.07 Å². The Bertz CT molecular complexity index is 176. The number of allylic oxidation sites excluding steroid dienone is 4. The van der Waals surface area contributed by atoms with Crippen molar-refractivity contribution in [3.05, 3.63) is 22.5 Å². The second-order valence-electron chi connectivity index (χ2n) is 3.00. The van der Waals surface area contributed by atoms with Crippen LogP contribution >= 0.6 is 0 Å². The number of hydrogen-bond acceptors (Lipinski definition) is 0. The Morgan fingerprint density at radius 3 is 2.62 bits per heavy atom. The van der Waals surface area contributed by atoms with Gasteiger partial charge in [0.1, 0.15) is 8.07 Å². The fourth-order valence-electron chi connectivity index (χ4n) is 1.43. The van der Waals surface area contributed by atoms with Crippen LogP contribution in [0, 0.1) is 6.08 Å². The monoisotopic (exact) mass is 121 g/mol. The van der Waals surface area contributed by atoms with Crippen molar-refractivity contribution < 1.29 is 0 Å². The van der Waals surface area contributed by atoms with Gasteiger partial charge >= 0.3 is 0 Å². The van der Waals surface area contributed by atoms with Gasteiger partial charge in [0.15, 0.2) is 0 Å². The molecule has 1 radical (unpaired) electrons. The fourth-order valence-corrected chi connectivity index (χ4v) is 4.52. The van der Waals surface area contributed by atoms with Crippen LogP contribution in [-0.2, 0) is 0 Å². The van der Waals surface area contributed by atoms with Crippen LogP contribution in [0.15, 0.2) is 16.5 Å². The maximum absolute atomic E-state index is 3.37. The van der Waals surface area contributed by atoms with Gasteiger partial charge in [-0.2, -0.15) is 0 Å². The molecule has 0 bridgehead atoms. The van der Waals surface area contributed by atoms with Crippen LogP contribution in [0.4, 0.5) is 0 Å². The molecule has 0 aromatic heterocycles. The van der Waals surface area contributed by atoms with Crippen molar-refractivity contribution in [2.24, 2.45) is 0 Å². The molecule has 0 atom stereocenters. The van der Waals surface area contributed by atoms with Crippen LogP contribution in [0.2, 0.25) is 13.1 Å². The molecule has 8 heavy (non-hydrogen) atoms. The molecule has 0 unspecified atom stereocenters. The lowest BCUT2D eigenvalue weighted by molar-refractivity contribution is 1.38. The first-order valence-electron chi connectivity index (χ1n) is 3.05. The number of fused-ring (bicyclic) bond motifs is 1. The highest BCUT2D eigenvalue weighted by molar-refractivity contribution is 7.05. The smallest absolute Gasteiger partial charge is 0.0805 e. The maximum Gasteiger partial charge on any atom is 0.111 e. The average Bonchev–Trinajstić information content (AvgIpc) is 2.22. The minimum Gasteiger partial charge on any atom is -0.0805 e. The van der Waals surface area contributed by atoms with Crippen molar-refractivity contribution in [3.8, 4) is 0 Å². The molecule has 1 saturated heterocycles. The third kappa shape index (κ3) is 0.324. The molecule has 0 nitrogen and oxygen atoms in total. The Morgan fingerprint density at radius 2 is 2.38 bits per heavy atom. The lowest BCUT2D eigenvalue weighted by atomic mass is 10.5. The van der Waals surface area contributed by atoms with Crippen molar-refractivity contribution in [3.63, 3.8) is 0 Å². The Labute approximate surface area is 50.9 Å². The summed E-state index contributed by atoms with van der Waals surface area (Å²) in [5.74, 6) is 0. The summed E-state index contributed by atoms with van der Waals surface area (Å²) in [6.45, 7) is 4.78. The van der Waals surface area contributed by atoms with Gasteiger partial charge in [0.2, 0.25) is 0 Å². The van der Waals surface area contributed by atoms with E-state index in [9.17, 15) is 0 Å². The third-order valence-corrected chi connectivity index (χ3v) is 5.34. The van der Waals surface area contributed by atoms with Crippen molar-refractivity contribution in [1.82, 2.24) is 0 Å². The lowest BCUT2D eigenvalue weighted by Crippen LogP contribution is -2.01. The molecule has 0 aromatic carbocycles. The summed E-state index contributed by atoms with van der Waals surface area (Å²) in [4.78, 5) is 0. The molecule has 2 aliphatic rings. The Kier molecular flexibility index (Phi) is 0.574. The van der Waals surface area contributed by atoms with Gasteiger partial charge in [-0.25, -0.2) is 0 Å².